The summed E-state index contributed by atoms with van der Waals surface area (Å²) in [6.07, 6.45) is 7.68. The smallest absolute Gasteiger partial charge is 0.139 e. The fourth-order valence-corrected chi connectivity index (χ4v) is 7.75. The maximum absolute atomic E-state index is 13.3. The van der Waals surface area contributed by atoms with Crippen LogP contribution in [0.3, 0.4) is 0 Å². The first-order valence-corrected chi connectivity index (χ1v) is 10.2. The Bertz CT molecular complexity index is 529. The van der Waals surface area contributed by atoms with Gasteiger partial charge in [0.1, 0.15) is 5.78 Å². The van der Waals surface area contributed by atoms with E-state index in [9.17, 15) is 15.0 Å². The van der Waals surface area contributed by atoms with Gasteiger partial charge in [-0.2, -0.15) is 0 Å². The van der Waals surface area contributed by atoms with Crippen molar-refractivity contribution in [1.82, 2.24) is 0 Å². The second-order valence-corrected chi connectivity index (χ2v) is 9.92. The molecule has 4 rings (SSSR count). The van der Waals surface area contributed by atoms with E-state index in [2.05, 4.69) is 13.8 Å². The highest BCUT2D eigenvalue weighted by atomic mass is 16.3. The van der Waals surface area contributed by atoms with Crippen LogP contribution in [0.15, 0.2) is 0 Å². The fraction of sp³-hybridized carbons (Fsp3) is 0.952. The highest BCUT2D eigenvalue weighted by Crippen LogP contribution is 2.66. The SMILES string of the molecule is C[C@@H](O)[C@H]1CC[C@H]2[C@H]3CC[C@H]4C[C@@H](O)CC[C@]4(C)[C@@H]3CC(=O)[C@]12C. The highest BCUT2D eigenvalue weighted by Gasteiger charge is 2.63. The maximum atomic E-state index is 13.3. The van der Waals surface area contributed by atoms with Crippen LogP contribution in [0.4, 0.5) is 0 Å². The van der Waals surface area contributed by atoms with Crippen molar-refractivity contribution in [3.63, 3.8) is 0 Å². The van der Waals surface area contributed by atoms with Crippen LogP contribution in [0, 0.1) is 40.4 Å². The van der Waals surface area contributed by atoms with Crippen molar-refractivity contribution >= 4 is 5.78 Å². The minimum Gasteiger partial charge on any atom is -0.393 e. The molecule has 4 aliphatic rings. The first kappa shape index (κ1) is 17.0. The highest BCUT2D eigenvalue weighted by molar-refractivity contribution is 5.87. The van der Waals surface area contributed by atoms with Gasteiger partial charge in [-0.25, -0.2) is 0 Å². The molecule has 3 nitrogen and oxygen atoms in total. The zero-order valence-electron chi connectivity index (χ0n) is 15.5. The topological polar surface area (TPSA) is 57.5 Å². The normalized spacial score (nSPS) is 55.5. The van der Waals surface area contributed by atoms with E-state index in [0.717, 1.165) is 32.1 Å². The summed E-state index contributed by atoms with van der Waals surface area (Å²) in [7, 11) is 0. The van der Waals surface area contributed by atoms with Crippen molar-refractivity contribution in [1.29, 1.82) is 0 Å². The zero-order valence-corrected chi connectivity index (χ0v) is 15.5. The largest absolute Gasteiger partial charge is 0.393 e. The number of fused-ring (bicyclic) bond motifs is 5. The predicted molar refractivity (Wildman–Crippen MR) is 93.3 cm³/mol. The number of hydrogen-bond donors (Lipinski definition) is 2. The van der Waals surface area contributed by atoms with Crippen LogP contribution in [0.1, 0.15) is 72.1 Å². The van der Waals surface area contributed by atoms with Crippen molar-refractivity contribution in [2.45, 2.75) is 84.3 Å². The molecule has 24 heavy (non-hydrogen) atoms. The summed E-state index contributed by atoms with van der Waals surface area (Å²) >= 11 is 0. The van der Waals surface area contributed by atoms with E-state index in [1.165, 1.54) is 12.8 Å². The van der Waals surface area contributed by atoms with E-state index < -0.39 is 0 Å². The minimum atomic E-state index is -0.378. The standard InChI is InChI=1S/C21H34O3/c1-12(22)16-6-7-17-15-5-4-13-10-14(23)8-9-20(13,2)18(15)11-19(24)21(16,17)3/h12-18,22-23H,4-11H2,1-3H3/t12-,13+,14+,15-,16-,17+,18-,20+,21-/m1/s1. The summed E-state index contributed by atoms with van der Waals surface area (Å²) in [6, 6.07) is 0. The molecule has 0 spiro atoms. The summed E-state index contributed by atoms with van der Waals surface area (Å²) < 4.78 is 0. The van der Waals surface area contributed by atoms with Crippen molar-refractivity contribution in [3.05, 3.63) is 0 Å². The molecule has 0 unspecified atom stereocenters. The third-order valence-electron chi connectivity index (χ3n) is 9.15. The number of carbonyl (C=O) groups is 1. The molecule has 9 atom stereocenters. The lowest BCUT2D eigenvalue weighted by Gasteiger charge is -2.60. The molecule has 0 aromatic heterocycles. The van der Waals surface area contributed by atoms with E-state index in [1.807, 2.05) is 6.92 Å². The maximum Gasteiger partial charge on any atom is 0.139 e. The third kappa shape index (κ3) is 2.13. The van der Waals surface area contributed by atoms with Crippen molar-refractivity contribution in [3.8, 4) is 0 Å². The van der Waals surface area contributed by atoms with Crippen LogP contribution in [-0.2, 0) is 4.79 Å². The molecular formula is C21H34O3. The molecular weight excluding hydrogens is 300 g/mol. The van der Waals surface area contributed by atoms with Crippen LogP contribution in [0.5, 0.6) is 0 Å². The predicted octanol–water partition coefficient (Wildman–Crippen LogP) is 3.57. The molecule has 4 aliphatic carbocycles. The lowest BCUT2D eigenvalue weighted by Crippen LogP contribution is -2.57. The minimum absolute atomic E-state index is 0.129. The Morgan fingerprint density at radius 3 is 2.54 bits per heavy atom. The quantitative estimate of drug-likeness (QED) is 0.771. The summed E-state index contributed by atoms with van der Waals surface area (Å²) in [5, 5.41) is 20.4. The van der Waals surface area contributed by atoms with Gasteiger partial charge in [0.2, 0.25) is 0 Å². The summed E-state index contributed by atoms with van der Waals surface area (Å²) in [4.78, 5) is 13.3. The molecule has 0 saturated heterocycles. The second-order valence-electron chi connectivity index (χ2n) is 9.92. The molecule has 4 saturated carbocycles. The second kappa shape index (κ2) is 5.54. The monoisotopic (exact) mass is 334 g/mol. The first-order valence-electron chi connectivity index (χ1n) is 10.2. The lowest BCUT2D eigenvalue weighted by molar-refractivity contribution is -0.162. The van der Waals surface area contributed by atoms with Crippen molar-refractivity contribution in [2.75, 3.05) is 0 Å². The van der Waals surface area contributed by atoms with E-state index in [4.69, 9.17) is 0 Å². The zero-order chi connectivity index (χ0) is 17.3. The van der Waals surface area contributed by atoms with Crippen LogP contribution in [0.25, 0.3) is 0 Å². The van der Waals surface area contributed by atoms with E-state index in [1.54, 1.807) is 0 Å². The Balaban J connectivity index is 1.67. The molecule has 0 bridgehead atoms. The third-order valence-corrected chi connectivity index (χ3v) is 9.15. The fourth-order valence-electron chi connectivity index (χ4n) is 7.75. The molecule has 0 aliphatic heterocycles. The average Bonchev–Trinajstić information content (AvgIpc) is 2.88. The van der Waals surface area contributed by atoms with Crippen LogP contribution in [0.2, 0.25) is 0 Å². The van der Waals surface area contributed by atoms with Crippen molar-refractivity contribution in [2.24, 2.45) is 40.4 Å². The van der Waals surface area contributed by atoms with Gasteiger partial charge >= 0.3 is 0 Å². The molecule has 4 fully saturated rings. The van der Waals surface area contributed by atoms with Crippen molar-refractivity contribution < 1.29 is 15.0 Å². The van der Waals surface area contributed by atoms with Gasteiger partial charge in [0, 0.05) is 11.8 Å². The lowest BCUT2D eigenvalue weighted by atomic mass is 9.44. The Labute approximate surface area is 146 Å². The molecule has 2 N–H and O–H groups in total. The number of hydrogen-bond acceptors (Lipinski definition) is 3. The number of carbonyl (C=O) groups excluding carboxylic acids is 1. The van der Waals surface area contributed by atoms with Gasteiger partial charge in [-0.15, -0.1) is 0 Å². The average molecular weight is 335 g/mol. The van der Waals surface area contributed by atoms with E-state index >= 15 is 0 Å². The van der Waals surface area contributed by atoms with Gasteiger partial charge in [0.25, 0.3) is 0 Å². The Hall–Kier alpha value is -0.410. The summed E-state index contributed by atoms with van der Waals surface area (Å²) in [6.45, 7) is 6.45. The van der Waals surface area contributed by atoms with Gasteiger partial charge in [-0.1, -0.05) is 13.8 Å². The van der Waals surface area contributed by atoms with Gasteiger partial charge in [-0.05, 0) is 86.9 Å². The Morgan fingerprint density at radius 2 is 1.83 bits per heavy atom. The molecule has 0 heterocycles. The number of aliphatic hydroxyl groups excluding tert-OH is 2. The summed E-state index contributed by atoms with van der Waals surface area (Å²) in [5.74, 6) is 2.77. The van der Waals surface area contributed by atoms with Crippen LogP contribution >= 0.6 is 0 Å². The van der Waals surface area contributed by atoms with E-state index in [-0.39, 0.29) is 29.0 Å². The first-order chi connectivity index (χ1) is 11.3. The van der Waals surface area contributed by atoms with Gasteiger partial charge in [-0.3, -0.25) is 4.79 Å². The molecule has 0 radical (unpaired) electrons. The number of rotatable bonds is 1. The number of aliphatic hydroxyl groups is 2. The van der Waals surface area contributed by atoms with Gasteiger partial charge < -0.3 is 10.2 Å². The summed E-state index contributed by atoms with van der Waals surface area (Å²) in [5.41, 5.74) is -0.0607. The number of Topliss-reactive ketones (excluding diaryl/α,β-unsaturated/α-hetero) is 1. The molecule has 0 aromatic rings. The van der Waals surface area contributed by atoms with Crippen LogP contribution in [-0.4, -0.2) is 28.2 Å². The Morgan fingerprint density at radius 1 is 1.08 bits per heavy atom. The Kier molecular flexibility index (Phi) is 3.93. The molecule has 0 aromatic carbocycles. The molecule has 136 valence electrons. The molecule has 0 amide bonds. The van der Waals surface area contributed by atoms with Gasteiger partial charge in [0.15, 0.2) is 0 Å². The van der Waals surface area contributed by atoms with E-state index in [0.29, 0.717) is 35.9 Å². The molecule has 3 heteroatoms. The van der Waals surface area contributed by atoms with Crippen LogP contribution < -0.4 is 0 Å². The van der Waals surface area contributed by atoms with Gasteiger partial charge in [0.05, 0.1) is 12.2 Å². The number of ketones is 1.